The SMILES string of the molecule is Cc1nc(C[C@H]2CCCN(C(=O)[C@](C)(N)C3CC3)C2)no1. The van der Waals surface area contributed by atoms with Crippen molar-refractivity contribution in [3.05, 3.63) is 11.7 Å². The van der Waals surface area contributed by atoms with Gasteiger partial charge in [-0.1, -0.05) is 5.16 Å². The first kappa shape index (κ1) is 14.5. The van der Waals surface area contributed by atoms with Crippen LogP contribution in [0.3, 0.4) is 0 Å². The number of rotatable bonds is 4. The summed E-state index contributed by atoms with van der Waals surface area (Å²) in [5, 5.41) is 3.95. The highest BCUT2D eigenvalue weighted by atomic mass is 16.5. The summed E-state index contributed by atoms with van der Waals surface area (Å²) in [6, 6.07) is 0. The van der Waals surface area contributed by atoms with Crippen molar-refractivity contribution in [1.82, 2.24) is 15.0 Å². The molecule has 0 unspecified atom stereocenters. The van der Waals surface area contributed by atoms with E-state index in [1.807, 2.05) is 11.8 Å². The minimum absolute atomic E-state index is 0.110. The van der Waals surface area contributed by atoms with Gasteiger partial charge in [-0.05, 0) is 44.4 Å². The first-order valence-corrected chi connectivity index (χ1v) is 7.84. The zero-order valence-electron chi connectivity index (χ0n) is 12.8. The van der Waals surface area contributed by atoms with Crippen molar-refractivity contribution >= 4 is 5.91 Å². The molecule has 1 aromatic rings. The van der Waals surface area contributed by atoms with Gasteiger partial charge in [0, 0.05) is 26.4 Å². The Balaban J connectivity index is 1.61. The molecule has 1 amide bonds. The molecular weight excluding hydrogens is 268 g/mol. The summed E-state index contributed by atoms with van der Waals surface area (Å²) < 4.78 is 5.01. The summed E-state index contributed by atoms with van der Waals surface area (Å²) in [6.07, 6.45) is 5.05. The lowest BCUT2D eigenvalue weighted by Gasteiger charge is -2.37. The van der Waals surface area contributed by atoms with Gasteiger partial charge in [0.25, 0.3) is 0 Å². The van der Waals surface area contributed by atoms with Crippen molar-refractivity contribution in [2.24, 2.45) is 17.6 Å². The number of piperidine rings is 1. The molecule has 21 heavy (non-hydrogen) atoms. The van der Waals surface area contributed by atoms with Crippen molar-refractivity contribution in [1.29, 1.82) is 0 Å². The van der Waals surface area contributed by atoms with Crippen molar-refractivity contribution < 1.29 is 9.32 Å². The Bertz CT molecular complexity index is 521. The average Bonchev–Trinajstić information content (AvgIpc) is 3.24. The predicted molar refractivity (Wildman–Crippen MR) is 77.4 cm³/mol. The van der Waals surface area contributed by atoms with Crippen molar-refractivity contribution in [3.63, 3.8) is 0 Å². The molecule has 2 atom stereocenters. The molecule has 0 aromatic carbocycles. The van der Waals surface area contributed by atoms with Crippen LogP contribution in [-0.2, 0) is 11.2 Å². The number of hydrogen-bond donors (Lipinski definition) is 1. The minimum Gasteiger partial charge on any atom is -0.341 e. The van der Waals surface area contributed by atoms with Gasteiger partial charge in [-0.3, -0.25) is 4.79 Å². The molecule has 2 fully saturated rings. The van der Waals surface area contributed by atoms with Crippen LogP contribution in [0.15, 0.2) is 4.52 Å². The van der Waals surface area contributed by atoms with Gasteiger partial charge >= 0.3 is 0 Å². The highest BCUT2D eigenvalue weighted by Crippen LogP contribution is 2.39. The summed E-state index contributed by atoms with van der Waals surface area (Å²) in [5.41, 5.74) is 5.58. The van der Waals surface area contributed by atoms with Crippen LogP contribution < -0.4 is 5.73 Å². The van der Waals surface area contributed by atoms with Crippen LogP contribution in [0, 0.1) is 18.8 Å². The second kappa shape index (κ2) is 5.40. The molecular formula is C15H24N4O2. The first-order valence-electron chi connectivity index (χ1n) is 7.84. The van der Waals surface area contributed by atoms with E-state index in [1.54, 1.807) is 6.92 Å². The zero-order chi connectivity index (χ0) is 15.0. The number of nitrogens with zero attached hydrogens (tertiary/aromatic N) is 3. The Kier molecular flexibility index (Phi) is 3.73. The molecule has 1 aliphatic carbocycles. The number of aryl methyl sites for hydroxylation is 1. The monoisotopic (exact) mass is 292 g/mol. The Labute approximate surface area is 125 Å². The van der Waals surface area contributed by atoms with Crippen LogP contribution in [-0.4, -0.2) is 39.6 Å². The van der Waals surface area contributed by atoms with Crippen LogP contribution in [0.25, 0.3) is 0 Å². The fourth-order valence-electron chi connectivity index (χ4n) is 3.30. The van der Waals surface area contributed by atoms with E-state index in [9.17, 15) is 4.79 Å². The number of hydrogen-bond acceptors (Lipinski definition) is 5. The molecule has 6 heteroatoms. The van der Waals surface area contributed by atoms with Gasteiger partial charge in [-0.15, -0.1) is 0 Å². The van der Waals surface area contributed by atoms with Crippen LogP contribution in [0.4, 0.5) is 0 Å². The standard InChI is InChI=1S/C15H24N4O2/c1-10-17-13(18-21-10)8-11-4-3-7-19(9-11)14(20)15(2,16)12-5-6-12/h11-12H,3-9,16H2,1-2H3/t11-,15-/m1/s1. The van der Waals surface area contributed by atoms with E-state index in [-0.39, 0.29) is 5.91 Å². The van der Waals surface area contributed by atoms with E-state index < -0.39 is 5.54 Å². The number of carbonyl (C=O) groups is 1. The van der Waals surface area contributed by atoms with E-state index in [2.05, 4.69) is 10.1 Å². The predicted octanol–water partition coefficient (Wildman–Crippen LogP) is 1.29. The molecule has 1 saturated carbocycles. The van der Waals surface area contributed by atoms with Crippen LogP contribution >= 0.6 is 0 Å². The molecule has 6 nitrogen and oxygen atoms in total. The van der Waals surface area contributed by atoms with E-state index in [0.717, 1.165) is 51.0 Å². The van der Waals surface area contributed by atoms with Crippen molar-refractivity contribution in [2.75, 3.05) is 13.1 Å². The normalized spacial score (nSPS) is 25.7. The molecule has 116 valence electrons. The minimum atomic E-state index is -0.690. The van der Waals surface area contributed by atoms with Crippen LogP contribution in [0.2, 0.25) is 0 Å². The third-order valence-electron chi connectivity index (χ3n) is 4.73. The molecule has 2 heterocycles. The second-order valence-electron chi connectivity index (χ2n) is 6.75. The largest absolute Gasteiger partial charge is 0.341 e. The van der Waals surface area contributed by atoms with Gasteiger partial charge in [-0.2, -0.15) is 4.98 Å². The van der Waals surface area contributed by atoms with E-state index in [1.165, 1.54) is 0 Å². The quantitative estimate of drug-likeness (QED) is 0.903. The lowest BCUT2D eigenvalue weighted by Crippen LogP contribution is -2.57. The van der Waals surface area contributed by atoms with Crippen molar-refractivity contribution in [3.8, 4) is 0 Å². The topological polar surface area (TPSA) is 85.2 Å². The summed E-state index contributed by atoms with van der Waals surface area (Å²) in [4.78, 5) is 18.9. The molecule has 0 radical (unpaired) electrons. The number of carbonyl (C=O) groups excluding carboxylic acids is 1. The summed E-state index contributed by atoms with van der Waals surface area (Å²) in [7, 11) is 0. The average molecular weight is 292 g/mol. The summed E-state index contributed by atoms with van der Waals surface area (Å²) in [6.45, 7) is 5.26. The Hall–Kier alpha value is -1.43. The highest BCUT2D eigenvalue weighted by Gasteiger charge is 2.46. The number of aromatic nitrogens is 2. The Morgan fingerprint density at radius 3 is 2.86 bits per heavy atom. The first-order chi connectivity index (χ1) is 9.96. The van der Waals surface area contributed by atoms with Gasteiger partial charge in [0.15, 0.2) is 5.82 Å². The fraction of sp³-hybridized carbons (Fsp3) is 0.800. The third kappa shape index (κ3) is 3.10. The summed E-state index contributed by atoms with van der Waals surface area (Å²) in [5.74, 6) is 2.21. The Morgan fingerprint density at radius 1 is 1.48 bits per heavy atom. The van der Waals surface area contributed by atoms with Crippen LogP contribution in [0.5, 0.6) is 0 Å². The van der Waals surface area contributed by atoms with E-state index in [0.29, 0.717) is 17.7 Å². The van der Waals surface area contributed by atoms with Crippen molar-refractivity contribution in [2.45, 2.75) is 51.5 Å². The van der Waals surface area contributed by atoms with Gasteiger partial charge in [0.2, 0.25) is 11.8 Å². The van der Waals surface area contributed by atoms with E-state index >= 15 is 0 Å². The maximum atomic E-state index is 12.7. The fourth-order valence-corrected chi connectivity index (χ4v) is 3.30. The maximum Gasteiger partial charge on any atom is 0.242 e. The number of likely N-dealkylation sites (tertiary alicyclic amines) is 1. The lowest BCUT2D eigenvalue weighted by atomic mass is 9.90. The number of nitrogens with two attached hydrogens (primary N) is 1. The van der Waals surface area contributed by atoms with E-state index in [4.69, 9.17) is 10.3 Å². The van der Waals surface area contributed by atoms with Crippen LogP contribution in [0.1, 0.15) is 44.3 Å². The molecule has 0 bridgehead atoms. The second-order valence-corrected chi connectivity index (χ2v) is 6.75. The third-order valence-corrected chi connectivity index (χ3v) is 4.73. The smallest absolute Gasteiger partial charge is 0.242 e. The highest BCUT2D eigenvalue weighted by molar-refractivity contribution is 5.86. The summed E-state index contributed by atoms with van der Waals surface area (Å²) >= 11 is 0. The zero-order valence-corrected chi connectivity index (χ0v) is 12.8. The molecule has 1 aliphatic heterocycles. The Morgan fingerprint density at radius 2 is 2.24 bits per heavy atom. The van der Waals surface area contributed by atoms with Gasteiger partial charge in [0.1, 0.15) is 0 Å². The molecule has 1 saturated heterocycles. The molecule has 0 spiro atoms. The van der Waals surface area contributed by atoms with Gasteiger partial charge in [0.05, 0.1) is 5.54 Å². The number of amides is 1. The molecule has 3 rings (SSSR count). The molecule has 2 aliphatic rings. The lowest BCUT2D eigenvalue weighted by molar-refractivity contribution is -0.139. The van der Waals surface area contributed by atoms with Gasteiger partial charge in [-0.25, -0.2) is 0 Å². The maximum absolute atomic E-state index is 12.7. The molecule has 1 aromatic heterocycles. The molecule has 2 N–H and O–H groups in total. The van der Waals surface area contributed by atoms with Gasteiger partial charge < -0.3 is 15.2 Å².